The normalized spacial score (nSPS) is 12.2. The van der Waals surface area contributed by atoms with Gasteiger partial charge in [-0.15, -0.1) is 0 Å². The number of pyridine rings is 1. The van der Waals surface area contributed by atoms with Gasteiger partial charge >= 0.3 is 5.97 Å². The molecule has 0 spiro atoms. The molecular formula is C32H30N2O4. The molecule has 38 heavy (non-hydrogen) atoms. The quantitative estimate of drug-likeness (QED) is 0.106. The van der Waals surface area contributed by atoms with Crippen molar-refractivity contribution in [2.75, 3.05) is 0 Å². The van der Waals surface area contributed by atoms with Gasteiger partial charge in [0.25, 0.3) is 0 Å². The van der Waals surface area contributed by atoms with E-state index in [1.165, 1.54) is 0 Å². The van der Waals surface area contributed by atoms with Crippen LogP contribution in [-0.2, 0) is 4.79 Å². The highest BCUT2D eigenvalue weighted by atomic mass is 16.4. The highest BCUT2D eigenvalue weighted by molar-refractivity contribution is 6.01. The minimum atomic E-state index is -0.979. The first-order chi connectivity index (χ1) is 18.4. The molecule has 3 aromatic carbocycles. The summed E-state index contributed by atoms with van der Waals surface area (Å²) in [6.07, 6.45) is 2.05. The summed E-state index contributed by atoms with van der Waals surface area (Å²) in [6, 6.07) is 27.5. The van der Waals surface area contributed by atoms with E-state index in [2.05, 4.69) is 41.3 Å². The molecular weight excluding hydrogens is 476 g/mol. The molecule has 0 aliphatic carbocycles. The number of carboxylic acid groups (broad SMARTS) is 1. The van der Waals surface area contributed by atoms with Crippen molar-refractivity contribution in [2.45, 2.75) is 39.0 Å². The number of benzene rings is 3. The molecule has 0 saturated carbocycles. The topological polar surface area (TPSA) is 99.9 Å². The number of rotatable bonds is 10. The number of Topliss-reactive ketones (excluding diaryl/α,β-unsaturated/α-hetero) is 1. The molecule has 0 amide bonds. The van der Waals surface area contributed by atoms with Crippen LogP contribution in [0.15, 0.2) is 96.3 Å². The standard InChI is InChI=1S/C32H30N2O4/c1-21-5-3-4-6-28(21)29(20-30(34-38)27-17-18-33-22(2)19-27)25-11-7-23(8-12-25)24-9-13-26(14-10-24)31(35)15-16-32(36)37/h3-14,17-19,29,38H,15-16,20H2,1-2H3,(H,36,37)/b34-30+/t29-/m1/s1. The van der Waals surface area contributed by atoms with Gasteiger partial charge in [0.2, 0.25) is 0 Å². The van der Waals surface area contributed by atoms with E-state index in [1.807, 2.05) is 55.5 Å². The van der Waals surface area contributed by atoms with Gasteiger partial charge in [-0.25, -0.2) is 0 Å². The summed E-state index contributed by atoms with van der Waals surface area (Å²) in [6.45, 7) is 4.00. The molecule has 6 nitrogen and oxygen atoms in total. The van der Waals surface area contributed by atoms with Crippen LogP contribution < -0.4 is 0 Å². The summed E-state index contributed by atoms with van der Waals surface area (Å²) in [5.74, 6) is -1.19. The lowest BCUT2D eigenvalue weighted by atomic mass is 9.83. The van der Waals surface area contributed by atoms with Gasteiger partial charge in [0, 0.05) is 41.8 Å². The van der Waals surface area contributed by atoms with Crippen LogP contribution in [0.4, 0.5) is 0 Å². The molecule has 4 aromatic rings. The first-order valence-corrected chi connectivity index (χ1v) is 12.5. The van der Waals surface area contributed by atoms with Crippen molar-refractivity contribution in [3.63, 3.8) is 0 Å². The number of hydrogen-bond donors (Lipinski definition) is 2. The van der Waals surface area contributed by atoms with E-state index in [9.17, 15) is 14.8 Å². The fraction of sp³-hybridized carbons (Fsp3) is 0.188. The highest BCUT2D eigenvalue weighted by Gasteiger charge is 2.21. The van der Waals surface area contributed by atoms with Crippen molar-refractivity contribution < 1.29 is 19.9 Å². The second-order valence-electron chi connectivity index (χ2n) is 9.36. The second kappa shape index (κ2) is 12.1. The zero-order valence-electron chi connectivity index (χ0n) is 21.5. The maximum atomic E-state index is 12.2. The number of aryl methyl sites for hydroxylation is 2. The van der Waals surface area contributed by atoms with Gasteiger partial charge in [-0.2, -0.15) is 0 Å². The van der Waals surface area contributed by atoms with Gasteiger partial charge in [0.1, 0.15) is 0 Å². The Hall–Kier alpha value is -4.58. The molecule has 0 aliphatic rings. The molecule has 1 aromatic heterocycles. The third-order valence-electron chi connectivity index (χ3n) is 6.73. The molecule has 0 fully saturated rings. The highest BCUT2D eigenvalue weighted by Crippen LogP contribution is 2.33. The molecule has 192 valence electrons. The lowest BCUT2D eigenvalue weighted by Crippen LogP contribution is -2.12. The number of oxime groups is 1. The van der Waals surface area contributed by atoms with E-state index in [4.69, 9.17) is 5.11 Å². The number of aromatic nitrogens is 1. The minimum absolute atomic E-state index is 0.0120. The van der Waals surface area contributed by atoms with Crippen molar-refractivity contribution in [1.29, 1.82) is 0 Å². The first kappa shape index (κ1) is 26.5. The van der Waals surface area contributed by atoms with E-state index < -0.39 is 5.97 Å². The second-order valence-corrected chi connectivity index (χ2v) is 9.36. The van der Waals surface area contributed by atoms with E-state index in [0.717, 1.165) is 39.1 Å². The third kappa shape index (κ3) is 6.40. The van der Waals surface area contributed by atoms with E-state index in [0.29, 0.717) is 17.7 Å². The molecule has 2 N–H and O–H groups in total. The van der Waals surface area contributed by atoms with Gasteiger partial charge in [0.15, 0.2) is 5.78 Å². The summed E-state index contributed by atoms with van der Waals surface area (Å²) < 4.78 is 0. The van der Waals surface area contributed by atoms with Crippen molar-refractivity contribution >= 4 is 17.5 Å². The van der Waals surface area contributed by atoms with E-state index >= 15 is 0 Å². The number of nitrogens with zero attached hydrogens (tertiary/aromatic N) is 2. The van der Waals surface area contributed by atoms with Crippen molar-refractivity contribution in [3.05, 3.63) is 125 Å². The Morgan fingerprint density at radius 2 is 1.50 bits per heavy atom. The van der Waals surface area contributed by atoms with Crippen LogP contribution in [0.25, 0.3) is 11.1 Å². The molecule has 6 heteroatoms. The van der Waals surface area contributed by atoms with Gasteiger partial charge < -0.3 is 10.3 Å². The lowest BCUT2D eigenvalue weighted by molar-refractivity contribution is -0.136. The summed E-state index contributed by atoms with van der Waals surface area (Å²) >= 11 is 0. The van der Waals surface area contributed by atoms with Crippen molar-refractivity contribution in [1.82, 2.24) is 4.98 Å². The zero-order valence-corrected chi connectivity index (χ0v) is 21.5. The third-order valence-corrected chi connectivity index (χ3v) is 6.73. The summed E-state index contributed by atoms with van der Waals surface area (Å²) in [4.78, 5) is 27.2. The maximum absolute atomic E-state index is 12.2. The van der Waals surface area contributed by atoms with Gasteiger partial charge in [-0.1, -0.05) is 78.0 Å². The predicted molar refractivity (Wildman–Crippen MR) is 148 cm³/mol. The zero-order chi connectivity index (χ0) is 27.1. The number of carbonyl (C=O) groups excluding carboxylic acids is 1. The van der Waals surface area contributed by atoms with Crippen molar-refractivity contribution in [2.24, 2.45) is 5.16 Å². The minimum Gasteiger partial charge on any atom is -0.481 e. The Bertz CT molecular complexity index is 1460. The molecule has 0 unspecified atom stereocenters. The smallest absolute Gasteiger partial charge is 0.303 e. The number of carboxylic acids is 1. The van der Waals surface area contributed by atoms with Gasteiger partial charge in [-0.3, -0.25) is 14.6 Å². The monoisotopic (exact) mass is 506 g/mol. The molecule has 0 radical (unpaired) electrons. The van der Waals surface area contributed by atoms with Gasteiger partial charge in [-0.05, 0) is 53.8 Å². The summed E-state index contributed by atoms with van der Waals surface area (Å²) in [7, 11) is 0. The molecule has 0 saturated heterocycles. The van der Waals surface area contributed by atoms with E-state index in [-0.39, 0.29) is 24.5 Å². The Morgan fingerprint density at radius 3 is 2.11 bits per heavy atom. The average Bonchev–Trinajstić information content (AvgIpc) is 2.93. The Labute approximate surface area is 222 Å². The molecule has 0 bridgehead atoms. The fourth-order valence-corrected chi connectivity index (χ4v) is 4.64. The van der Waals surface area contributed by atoms with Gasteiger partial charge in [0.05, 0.1) is 12.1 Å². The van der Waals surface area contributed by atoms with Crippen LogP contribution in [0.5, 0.6) is 0 Å². The number of hydrogen-bond acceptors (Lipinski definition) is 5. The van der Waals surface area contributed by atoms with Crippen LogP contribution in [0.3, 0.4) is 0 Å². The van der Waals surface area contributed by atoms with E-state index in [1.54, 1.807) is 18.3 Å². The number of aliphatic carboxylic acids is 1. The number of carbonyl (C=O) groups is 2. The summed E-state index contributed by atoms with van der Waals surface area (Å²) in [5, 5.41) is 22.4. The molecule has 4 rings (SSSR count). The van der Waals surface area contributed by atoms with Crippen LogP contribution in [-0.4, -0.2) is 32.8 Å². The largest absolute Gasteiger partial charge is 0.481 e. The summed E-state index contributed by atoms with van der Waals surface area (Å²) in [5.41, 5.74) is 8.18. The fourth-order valence-electron chi connectivity index (χ4n) is 4.64. The molecule has 1 heterocycles. The van der Waals surface area contributed by atoms with Crippen LogP contribution in [0.1, 0.15) is 63.5 Å². The lowest BCUT2D eigenvalue weighted by Gasteiger charge is -2.21. The first-order valence-electron chi connectivity index (χ1n) is 12.5. The Balaban J connectivity index is 1.61. The maximum Gasteiger partial charge on any atom is 0.303 e. The SMILES string of the molecule is Cc1cc(/C(C[C@H](c2ccc(-c3ccc(C(=O)CCC(=O)O)cc3)cc2)c2ccccc2C)=N/O)ccn1. The Morgan fingerprint density at radius 1 is 0.842 bits per heavy atom. The van der Waals surface area contributed by atoms with Crippen LogP contribution >= 0.6 is 0 Å². The molecule has 0 aliphatic heterocycles. The van der Waals surface area contributed by atoms with Crippen LogP contribution in [0, 0.1) is 13.8 Å². The predicted octanol–water partition coefficient (Wildman–Crippen LogP) is 6.81. The van der Waals surface area contributed by atoms with Crippen LogP contribution in [0.2, 0.25) is 0 Å². The van der Waals surface area contributed by atoms with Crippen molar-refractivity contribution in [3.8, 4) is 11.1 Å². The Kier molecular flexibility index (Phi) is 8.44. The number of ketones is 1. The average molecular weight is 507 g/mol. The molecule has 1 atom stereocenters.